The summed E-state index contributed by atoms with van der Waals surface area (Å²) in [5, 5.41) is 31.2. The van der Waals surface area contributed by atoms with E-state index in [1.807, 2.05) is 140 Å². The van der Waals surface area contributed by atoms with Crippen LogP contribution >= 0.6 is 138 Å². The van der Waals surface area contributed by atoms with E-state index in [1.165, 1.54) is 32.1 Å². The first-order valence-corrected chi connectivity index (χ1v) is 53.5. The van der Waals surface area contributed by atoms with Crippen molar-refractivity contribution < 1.29 is 19.2 Å². The number of carbonyl (C=O) groups is 4. The summed E-state index contributed by atoms with van der Waals surface area (Å²) in [6.07, 6.45) is 21.2. The van der Waals surface area contributed by atoms with Crippen LogP contribution in [0.25, 0.3) is 65.0 Å². The molecule has 4 fully saturated rings. The lowest BCUT2D eigenvalue weighted by molar-refractivity contribution is 0.0736. The van der Waals surface area contributed by atoms with Crippen LogP contribution in [0.2, 0.25) is 40.2 Å². The number of aromatic nitrogens is 8. The lowest BCUT2D eigenvalue weighted by atomic mass is 10.1. The molecule has 138 heavy (non-hydrogen) atoms. The van der Waals surface area contributed by atoms with E-state index in [0.717, 1.165) is 220 Å². The third kappa shape index (κ3) is 28.0. The zero-order chi connectivity index (χ0) is 98.1. The number of hydrogen-bond donors (Lipinski definition) is 4. The van der Waals surface area contributed by atoms with E-state index in [-0.39, 0.29) is 23.6 Å². The highest BCUT2D eigenvalue weighted by atomic mass is 35.5. The minimum atomic E-state index is -0.216. The van der Waals surface area contributed by atoms with Crippen molar-refractivity contribution >= 4 is 162 Å². The van der Waals surface area contributed by atoms with Crippen LogP contribution in [0.3, 0.4) is 0 Å². The monoisotopic (exact) mass is 2090 g/mol. The second kappa shape index (κ2) is 52.0. The van der Waals surface area contributed by atoms with Crippen molar-refractivity contribution in [3.63, 3.8) is 0 Å². The molecule has 12 heterocycles. The molecule has 0 aliphatic carbocycles. The molecule has 4 aliphatic heterocycles. The van der Waals surface area contributed by atoms with Crippen LogP contribution in [0.5, 0.6) is 0 Å². The van der Waals surface area contributed by atoms with Gasteiger partial charge in [-0.05, 0) is 232 Å². The molecule has 4 amide bonds. The van der Waals surface area contributed by atoms with Gasteiger partial charge in [0.25, 0.3) is 23.6 Å². The summed E-state index contributed by atoms with van der Waals surface area (Å²) in [7, 11) is 3.98. The SMILES string of the molecule is CCCC#Cc1ccc(-c2c(CC)c(C(=O)NN3CCCCC3)nn2-c2ccc(Cl)cc2Cl)s1.CCCC#Cc1ccc(-c2c(CC)c(C(=O)NN3CCCCCC3)nn2-c2ccc(Cl)cc2Cl)s1.CCc1c(C(=O)NN2CCCCC2)nn(-c2ccc(Cl)cc2Cl)c1-c1ccc(C#CCC(C)C)s1.Cc1c(C(=O)NN2CCCCC2)nn(-c2ccc(Cl)cc2Cl)c1-c1ccc(C#CCN(C)C)s1. The predicted molar refractivity (Wildman–Crippen MR) is 572 cm³/mol. The van der Waals surface area contributed by atoms with Gasteiger partial charge in [0.2, 0.25) is 0 Å². The number of hydrogen-bond acceptors (Lipinski definition) is 17. The molecule has 0 spiro atoms. The van der Waals surface area contributed by atoms with Crippen molar-refractivity contribution in [1.29, 1.82) is 0 Å². The third-order valence-electron chi connectivity index (χ3n) is 23.1. The van der Waals surface area contributed by atoms with E-state index in [2.05, 4.69) is 96.8 Å². The number of amides is 4. The number of rotatable bonds is 23. The van der Waals surface area contributed by atoms with Crippen LogP contribution < -0.4 is 21.7 Å². The first kappa shape index (κ1) is 106. The third-order valence-corrected chi connectivity index (χ3v) is 29.3. The molecule has 8 aromatic heterocycles. The Hall–Kier alpha value is -9.24. The van der Waals surface area contributed by atoms with Crippen molar-refractivity contribution in [2.45, 2.75) is 190 Å². The smallest absolute Gasteiger partial charge is 0.286 e. The molecule has 0 bridgehead atoms. The molecule has 4 aliphatic rings. The van der Waals surface area contributed by atoms with E-state index >= 15 is 0 Å². The van der Waals surface area contributed by atoms with Gasteiger partial charge < -0.3 is 0 Å². The highest BCUT2D eigenvalue weighted by molar-refractivity contribution is 7.17. The maximum atomic E-state index is 13.5. The van der Waals surface area contributed by atoms with Crippen molar-refractivity contribution in [3.8, 4) is 112 Å². The Morgan fingerprint density at radius 1 is 0.355 bits per heavy atom. The van der Waals surface area contributed by atoms with Gasteiger partial charge in [-0.2, -0.15) is 20.4 Å². The number of benzene rings is 4. The van der Waals surface area contributed by atoms with Gasteiger partial charge in [0, 0.05) is 114 Å². The quantitative estimate of drug-likeness (QED) is 0.0441. The van der Waals surface area contributed by atoms with Gasteiger partial charge in [0.1, 0.15) is 0 Å². The molecule has 0 atom stereocenters. The molecule has 0 radical (unpaired) electrons. The Morgan fingerprint density at radius 3 is 0.891 bits per heavy atom. The standard InChI is InChI=1S/2C27H30Cl2N4OS.C26H28Cl2N4OS.C25H27Cl2N5OS/c1-4-21-25(27(34)31-32-15-6-5-7-16-32)30-33(23-13-11-19(28)17-22(23)29)26(21)24-14-12-20(35-24)10-8-9-18(2)3;1-3-5-8-11-20-13-15-24(35-20)26-21(4-2)25(27(34)31-32-16-9-6-7-10-17-32)30-33(26)23-14-12-19(28)18-22(23)29;1-3-5-7-10-19-12-14-23(34-19)25-20(4-2)24(26(33)30-31-15-8-6-9-16-31)29-32(25)22-13-11-18(27)17-21(22)28;1-17-23(25(33)29-31-14-5-4-6-15-31)28-32(21-11-9-18(26)16-20(21)27)24(17)22-12-10-19(34-22)8-7-13-30(2)3/h11-14,17-18H,4-7,9,15-16H2,1-3H3,(H,31,34);12-15,18H,3-7,9-10,16-17H2,1-2H3,(H,31,34);11-14,17H,3-6,8-9,15-16H2,1-2H3,(H,30,33);9-12,16H,4-6,13-15H2,1-3H3,(H,29,33). The minimum Gasteiger partial charge on any atom is -0.299 e. The van der Waals surface area contributed by atoms with Crippen LogP contribution in [0, 0.1) is 60.2 Å². The highest BCUT2D eigenvalue weighted by Gasteiger charge is 2.33. The summed E-state index contributed by atoms with van der Waals surface area (Å²) in [6, 6.07) is 37.4. The topological polar surface area (TPSA) is 204 Å². The number of nitrogens with zero attached hydrogens (tertiary/aromatic N) is 13. The highest BCUT2D eigenvalue weighted by Crippen LogP contribution is 2.43. The van der Waals surface area contributed by atoms with E-state index in [9.17, 15) is 19.2 Å². The van der Waals surface area contributed by atoms with Crippen LogP contribution in [-0.4, -0.2) is 161 Å². The molecule has 4 N–H and O–H groups in total. The van der Waals surface area contributed by atoms with Crippen LogP contribution in [0.1, 0.15) is 248 Å². The lowest BCUT2D eigenvalue weighted by Crippen LogP contribution is -2.45. The molecule has 724 valence electrons. The normalized spacial score (nSPS) is 14.1. The molecule has 21 nitrogen and oxygen atoms in total. The minimum absolute atomic E-state index is 0.187. The summed E-state index contributed by atoms with van der Waals surface area (Å²) >= 11 is 57.3. The first-order valence-electron chi connectivity index (χ1n) is 47.2. The number of nitrogens with one attached hydrogen (secondary N) is 4. The number of carbonyl (C=O) groups excluding carboxylic acids is 4. The number of piperidine rings is 3. The molecule has 0 unspecified atom stereocenters. The second-order valence-corrected chi connectivity index (χ2v) is 42.2. The van der Waals surface area contributed by atoms with Crippen LogP contribution in [0.4, 0.5) is 0 Å². The summed E-state index contributed by atoms with van der Waals surface area (Å²) in [4.78, 5) is 63.2. The average molecular weight is 2090 g/mol. The Morgan fingerprint density at radius 2 is 0.616 bits per heavy atom. The molecule has 16 rings (SSSR count). The van der Waals surface area contributed by atoms with Gasteiger partial charge in [0.15, 0.2) is 22.8 Å². The van der Waals surface area contributed by atoms with Gasteiger partial charge in [0.05, 0.1) is 111 Å². The van der Waals surface area contributed by atoms with Crippen LogP contribution in [0.15, 0.2) is 121 Å². The van der Waals surface area contributed by atoms with Gasteiger partial charge in [-0.1, -0.05) is 221 Å². The second-order valence-electron chi connectivity index (χ2n) is 34.4. The van der Waals surface area contributed by atoms with E-state index in [4.69, 9.17) is 113 Å². The van der Waals surface area contributed by atoms with Crippen molar-refractivity contribution in [3.05, 3.63) is 226 Å². The van der Waals surface area contributed by atoms with E-state index in [1.54, 1.807) is 113 Å². The average Bonchev–Trinajstić information content (AvgIpc) is 1.63. The lowest BCUT2D eigenvalue weighted by Gasteiger charge is -2.26. The first-order chi connectivity index (χ1) is 66.7. The molecule has 33 heteroatoms. The Bertz CT molecular complexity index is 6490. The number of halogens is 8. The number of unbranched alkanes of at least 4 members (excludes halogenated alkanes) is 2. The molecular formula is C105H115Cl8N17O4S4. The molecule has 4 saturated heterocycles. The zero-order valence-corrected chi connectivity index (χ0v) is 88.8. The fourth-order valence-electron chi connectivity index (χ4n) is 16.3. The zero-order valence-electron chi connectivity index (χ0n) is 79.4. The maximum absolute atomic E-state index is 13.5. The Kier molecular flexibility index (Phi) is 39.9. The van der Waals surface area contributed by atoms with Gasteiger partial charge >= 0.3 is 0 Å². The molecular weight excluding hydrogens is 1980 g/mol. The van der Waals surface area contributed by atoms with Crippen molar-refractivity contribution in [1.82, 2.24) is 85.8 Å². The summed E-state index contributed by atoms with van der Waals surface area (Å²) < 4.78 is 7.07. The van der Waals surface area contributed by atoms with Crippen LogP contribution in [-0.2, 0) is 19.3 Å². The van der Waals surface area contributed by atoms with E-state index in [0.29, 0.717) is 117 Å². The van der Waals surface area contributed by atoms with E-state index < -0.39 is 0 Å². The summed E-state index contributed by atoms with van der Waals surface area (Å²) in [5.74, 6) is 25.6. The maximum Gasteiger partial charge on any atom is 0.286 e. The largest absolute Gasteiger partial charge is 0.299 e. The summed E-state index contributed by atoms with van der Waals surface area (Å²) in [5.41, 5.74) is 23.4. The number of thiophene rings is 4. The van der Waals surface area contributed by atoms with Crippen molar-refractivity contribution in [2.75, 3.05) is 73.0 Å². The molecule has 0 saturated carbocycles. The summed E-state index contributed by atoms with van der Waals surface area (Å²) in [6.45, 7) is 24.1. The fourth-order valence-corrected chi connectivity index (χ4v) is 22.0. The number of hydrazine groups is 4. The van der Waals surface area contributed by atoms with Gasteiger partial charge in [-0.25, -0.2) is 38.8 Å². The fraction of sp³-hybridized carbons (Fsp3) is 0.390. The van der Waals surface area contributed by atoms with Crippen molar-refractivity contribution in [2.24, 2.45) is 5.92 Å². The molecule has 12 aromatic rings. The van der Waals surface area contributed by atoms with Gasteiger partial charge in [-0.15, -0.1) is 45.3 Å². The Labute approximate surface area is 866 Å². The Balaban J connectivity index is 0.000000155. The predicted octanol–water partition coefficient (Wildman–Crippen LogP) is 26.2. The van der Waals surface area contributed by atoms with Gasteiger partial charge in [-0.3, -0.25) is 45.8 Å². The molecule has 4 aromatic carbocycles.